The van der Waals surface area contributed by atoms with Crippen LogP contribution in [0.2, 0.25) is 0 Å². The third-order valence-electron chi connectivity index (χ3n) is 1.92. The van der Waals surface area contributed by atoms with Gasteiger partial charge in [0.1, 0.15) is 0 Å². The minimum absolute atomic E-state index is 0.176. The summed E-state index contributed by atoms with van der Waals surface area (Å²) < 4.78 is 0. The summed E-state index contributed by atoms with van der Waals surface area (Å²) in [5.74, 6) is -0.978. The zero-order valence-electron chi connectivity index (χ0n) is 7.50. The van der Waals surface area contributed by atoms with Crippen molar-refractivity contribution in [1.82, 2.24) is 0 Å². The average molecular weight is 197 g/mol. The summed E-state index contributed by atoms with van der Waals surface area (Å²) in [6, 6.07) is 3.32. The smallest absolute Gasteiger partial charge is 0.337 e. The van der Waals surface area contributed by atoms with Crippen LogP contribution in [-0.2, 0) is 0 Å². The van der Waals surface area contributed by atoms with Gasteiger partial charge in [-0.3, -0.25) is 0 Å². The predicted octanol–water partition coefficient (Wildman–Crippen LogP) is 2.00. The lowest BCUT2D eigenvalue weighted by Gasteiger charge is -2.08. The summed E-state index contributed by atoms with van der Waals surface area (Å²) in [5, 5.41) is 8.77. The van der Waals surface area contributed by atoms with Gasteiger partial charge in [-0.05, 0) is 30.9 Å². The molecule has 0 saturated heterocycles. The molecule has 0 atom stereocenters. The highest BCUT2D eigenvalue weighted by molar-refractivity contribution is 7.98. The van der Waals surface area contributed by atoms with Gasteiger partial charge in [0.05, 0.1) is 11.3 Å². The number of anilines is 1. The number of benzene rings is 1. The van der Waals surface area contributed by atoms with Crippen molar-refractivity contribution < 1.29 is 9.90 Å². The fourth-order valence-corrected chi connectivity index (χ4v) is 1.74. The van der Waals surface area contributed by atoms with E-state index in [-0.39, 0.29) is 5.56 Å². The summed E-state index contributed by atoms with van der Waals surface area (Å²) in [7, 11) is 0. The van der Waals surface area contributed by atoms with Crippen molar-refractivity contribution in [2.24, 2.45) is 0 Å². The molecule has 1 aromatic rings. The first-order chi connectivity index (χ1) is 6.07. The Morgan fingerprint density at radius 2 is 2.15 bits per heavy atom. The number of nitrogen functional groups attached to an aromatic ring is 1. The molecule has 1 aromatic carbocycles. The zero-order chi connectivity index (χ0) is 10.0. The molecule has 0 amide bonds. The van der Waals surface area contributed by atoms with Crippen molar-refractivity contribution in [2.45, 2.75) is 11.8 Å². The highest BCUT2D eigenvalue weighted by Gasteiger charge is 2.11. The van der Waals surface area contributed by atoms with Gasteiger partial charge < -0.3 is 10.8 Å². The van der Waals surface area contributed by atoms with Crippen molar-refractivity contribution >= 4 is 23.4 Å². The number of carboxylic acid groups (broad SMARTS) is 1. The van der Waals surface area contributed by atoms with Crippen LogP contribution in [0.15, 0.2) is 17.0 Å². The summed E-state index contributed by atoms with van der Waals surface area (Å²) >= 11 is 1.56. The first-order valence-corrected chi connectivity index (χ1v) is 4.96. The molecule has 0 aliphatic rings. The first-order valence-electron chi connectivity index (χ1n) is 3.74. The number of carbonyl (C=O) groups is 1. The van der Waals surface area contributed by atoms with Gasteiger partial charge in [-0.1, -0.05) is 0 Å². The van der Waals surface area contributed by atoms with Gasteiger partial charge in [0.15, 0.2) is 0 Å². The van der Waals surface area contributed by atoms with Crippen molar-refractivity contribution in [3.63, 3.8) is 0 Å². The molecule has 0 bridgehead atoms. The molecule has 0 spiro atoms. The number of rotatable bonds is 2. The van der Waals surface area contributed by atoms with E-state index in [1.165, 1.54) is 6.07 Å². The molecule has 0 unspecified atom stereocenters. The van der Waals surface area contributed by atoms with Crippen LogP contribution in [0.5, 0.6) is 0 Å². The van der Waals surface area contributed by atoms with E-state index in [1.54, 1.807) is 17.8 Å². The third-order valence-corrected chi connectivity index (χ3v) is 2.80. The Kier molecular flexibility index (Phi) is 2.83. The molecule has 3 nitrogen and oxygen atoms in total. The van der Waals surface area contributed by atoms with E-state index in [0.29, 0.717) is 5.69 Å². The minimum atomic E-state index is -0.978. The Bertz CT molecular complexity index is 350. The van der Waals surface area contributed by atoms with Crippen LogP contribution in [0.1, 0.15) is 15.9 Å². The van der Waals surface area contributed by atoms with Crippen LogP contribution >= 0.6 is 11.8 Å². The lowest BCUT2D eigenvalue weighted by atomic mass is 10.1. The van der Waals surface area contributed by atoms with Crippen molar-refractivity contribution in [3.8, 4) is 0 Å². The normalized spacial score (nSPS) is 10.0. The third kappa shape index (κ3) is 1.78. The van der Waals surface area contributed by atoms with E-state index < -0.39 is 5.97 Å². The first kappa shape index (κ1) is 9.92. The lowest BCUT2D eigenvalue weighted by Crippen LogP contribution is -2.04. The number of hydrogen-bond donors (Lipinski definition) is 2. The molecule has 3 N–H and O–H groups in total. The Balaban J connectivity index is 3.31. The predicted molar refractivity (Wildman–Crippen MR) is 54.3 cm³/mol. The van der Waals surface area contributed by atoms with E-state index >= 15 is 0 Å². The van der Waals surface area contributed by atoms with Crippen molar-refractivity contribution in [2.75, 3.05) is 12.0 Å². The van der Waals surface area contributed by atoms with Crippen LogP contribution in [0.3, 0.4) is 0 Å². The van der Waals surface area contributed by atoms with Gasteiger partial charge in [-0.25, -0.2) is 4.79 Å². The number of aromatic carboxylic acids is 1. The summed E-state index contributed by atoms with van der Waals surface area (Å²) in [6.45, 7) is 1.83. The molecular formula is C9H11NO2S. The molecular weight excluding hydrogens is 186 g/mol. The van der Waals surface area contributed by atoms with Crippen LogP contribution in [-0.4, -0.2) is 17.3 Å². The molecule has 0 aromatic heterocycles. The molecule has 70 valence electrons. The number of carboxylic acids is 1. The maximum atomic E-state index is 10.7. The van der Waals surface area contributed by atoms with Crippen molar-refractivity contribution in [1.29, 1.82) is 0 Å². The Morgan fingerprint density at radius 1 is 1.54 bits per heavy atom. The fourth-order valence-electron chi connectivity index (χ4n) is 1.12. The summed E-state index contributed by atoms with van der Waals surface area (Å²) in [4.78, 5) is 11.7. The summed E-state index contributed by atoms with van der Waals surface area (Å²) in [5.41, 5.74) is 7.04. The maximum absolute atomic E-state index is 10.7. The Hall–Kier alpha value is -1.16. The zero-order valence-corrected chi connectivity index (χ0v) is 8.31. The lowest BCUT2D eigenvalue weighted by molar-refractivity contribution is 0.0698. The van der Waals surface area contributed by atoms with Gasteiger partial charge in [0, 0.05) is 4.90 Å². The second-order valence-corrected chi connectivity index (χ2v) is 3.51. The highest BCUT2D eigenvalue weighted by Crippen LogP contribution is 2.27. The van der Waals surface area contributed by atoms with E-state index in [2.05, 4.69) is 0 Å². The Morgan fingerprint density at radius 3 is 2.62 bits per heavy atom. The van der Waals surface area contributed by atoms with E-state index in [0.717, 1.165) is 10.5 Å². The van der Waals surface area contributed by atoms with E-state index in [4.69, 9.17) is 10.8 Å². The van der Waals surface area contributed by atoms with Gasteiger partial charge in [0.2, 0.25) is 0 Å². The van der Waals surface area contributed by atoms with Crippen LogP contribution in [0, 0.1) is 6.92 Å². The van der Waals surface area contributed by atoms with Crippen LogP contribution in [0.25, 0.3) is 0 Å². The van der Waals surface area contributed by atoms with Crippen LogP contribution in [0.4, 0.5) is 5.69 Å². The maximum Gasteiger partial charge on any atom is 0.337 e. The number of hydrogen-bond acceptors (Lipinski definition) is 3. The van der Waals surface area contributed by atoms with E-state index in [9.17, 15) is 4.79 Å². The summed E-state index contributed by atoms with van der Waals surface area (Å²) in [6.07, 6.45) is 1.93. The minimum Gasteiger partial charge on any atom is -0.478 e. The van der Waals surface area contributed by atoms with Gasteiger partial charge >= 0.3 is 5.97 Å². The molecule has 0 radical (unpaired) electrons. The molecule has 0 aliphatic heterocycles. The largest absolute Gasteiger partial charge is 0.478 e. The molecule has 0 saturated carbocycles. The number of nitrogens with two attached hydrogens (primary N) is 1. The topological polar surface area (TPSA) is 63.3 Å². The molecule has 0 fully saturated rings. The van der Waals surface area contributed by atoms with Crippen molar-refractivity contribution in [3.05, 3.63) is 23.3 Å². The standard InChI is InChI=1S/C9H11NO2S/c1-5-7(13-2)4-3-6(8(5)10)9(11)12/h3-4H,10H2,1-2H3,(H,11,12). The quantitative estimate of drug-likeness (QED) is 0.562. The molecule has 4 heteroatoms. The fraction of sp³-hybridized carbons (Fsp3) is 0.222. The average Bonchev–Trinajstić information content (AvgIpc) is 2.09. The van der Waals surface area contributed by atoms with E-state index in [1.807, 2.05) is 13.2 Å². The SMILES string of the molecule is CSc1ccc(C(=O)O)c(N)c1C. The van der Waals surface area contributed by atoms with Gasteiger partial charge in [-0.15, -0.1) is 11.8 Å². The molecule has 0 heterocycles. The second kappa shape index (κ2) is 3.70. The Labute approximate surface area is 80.9 Å². The monoisotopic (exact) mass is 197 g/mol. The molecule has 13 heavy (non-hydrogen) atoms. The van der Waals surface area contributed by atoms with Gasteiger partial charge in [-0.2, -0.15) is 0 Å². The molecule has 0 aliphatic carbocycles. The van der Waals surface area contributed by atoms with Gasteiger partial charge in [0.25, 0.3) is 0 Å². The highest BCUT2D eigenvalue weighted by atomic mass is 32.2. The number of thioether (sulfide) groups is 1. The molecule has 1 rings (SSSR count). The second-order valence-electron chi connectivity index (χ2n) is 2.66. The van der Waals surface area contributed by atoms with Crippen LogP contribution < -0.4 is 5.73 Å².